The van der Waals surface area contributed by atoms with Crippen LogP contribution in [-0.2, 0) is 9.47 Å². The second kappa shape index (κ2) is 9.81. The monoisotopic (exact) mass is 248 g/mol. The highest BCUT2D eigenvalue weighted by Crippen LogP contribution is 2.01. The molecule has 5 heteroatoms. The highest BCUT2D eigenvalue weighted by molar-refractivity contribution is 7.80. The summed E-state index contributed by atoms with van der Waals surface area (Å²) in [4.78, 5) is 2.11. The molecule has 96 valence electrons. The van der Waals surface area contributed by atoms with Crippen molar-refractivity contribution in [3.8, 4) is 0 Å². The molecule has 1 unspecified atom stereocenters. The van der Waals surface area contributed by atoms with E-state index < -0.39 is 0 Å². The molecule has 1 atom stereocenters. The third-order valence-electron chi connectivity index (χ3n) is 2.26. The Balaban J connectivity index is 4.21. The molecule has 0 rings (SSSR count). The molecular weight excluding hydrogens is 224 g/mol. The Morgan fingerprint density at radius 2 is 2.06 bits per heavy atom. The van der Waals surface area contributed by atoms with Crippen molar-refractivity contribution in [1.29, 1.82) is 0 Å². The van der Waals surface area contributed by atoms with E-state index in [2.05, 4.69) is 24.1 Å². The molecule has 0 fully saturated rings. The lowest BCUT2D eigenvalue weighted by Crippen LogP contribution is -2.48. The number of methoxy groups -OCH3 is 2. The molecule has 0 aromatic heterocycles. The van der Waals surface area contributed by atoms with E-state index in [0.29, 0.717) is 13.2 Å². The van der Waals surface area contributed by atoms with Crippen LogP contribution in [0.15, 0.2) is 0 Å². The third kappa shape index (κ3) is 6.25. The van der Waals surface area contributed by atoms with E-state index in [0.717, 1.165) is 24.6 Å². The van der Waals surface area contributed by atoms with Crippen molar-refractivity contribution in [2.75, 3.05) is 40.5 Å². The average Bonchev–Trinajstić information content (AvgIpc) is 2.27. The summed E-state index contributed by atoms with van der Waals surface area (Å²) in [5.74, 6) is 0. The Morgan fingerprint density at radius 3 is 2.56 bits per heavy atom. The molecule has 16 heavy (non-hydrogen) atoms. The lowest BCUT2D eigenvalue weighted by molar-refractivity contribution is 0.113. The highest BCUT2D eigenvalue weighted by Gasteiger charge is 2.15. The van der Waals surface area contributed by atoms with E-state index in [9.17, 15) is 0 Å². The SMILES string of the molecule is CCCNC(=S)N(CCOC)C(C)COC. The molecule has 0 aliphatic heterocycles. The van der Waals surface area contributed by atoms with Crippen LogP contribution in [0.1, 0.15) is 20.3 Å². The molecule has 0 saturated heterocycles. The molecule has 0 radical (unpaired) electrons. The van der Waals surface area contributed by atoms with Gasteiger partial charge in [-0.15, -0.1) is 0 Å². The van der Waals surface area contributed by atoms with Gasteiger partial charge in [-0.3, -0.25) is 0 Å². The zero-order chi connectivity index (χ0) is 12.4. The molecule has 0 heterocycles. The Bertz CT molecular complexity index is 191. The Kier molecular flexibility index (Phi) is 9.57. The van der Waals surface area contributed by atoms with Gasteiger partial charge in [0.15, 0.2) is 5.11 Å². The van der Waals surface area contributed by atoms with Crippen LogP contribution in [0.2, 0.25) is 0 Å². The molecule has 0 saturated carbocycles. The van der Waals surface area contributed by atoms with E-state index in [1.54, 1.807) is 14.2 Å². The number of hydrogen-bond donors (Lipinski definition) is 1. The van der Waals surface area contributed by atoms with Crippen LogP contribution in [0.5, 0.6) is 0 Å². The topological polar surface area (TPSA) is 33.7 Å². The molecule has 0 spiro atoms. The minimum Gasteiger partial charge on any atom is -0.383 e. The van der Waals surface area contributed by atoms with Gasteiger partial charge in [-0.2, -0.15) is 0 Å². The van der Waals surface area contributed by atoms with Crippen LogP contribution in [-0.4, -0.2) is 56.6 Å². The predicted octanol–water partition coefficient (Wildman–Crippen LogP) is 1.25. The van der Waals surface area contributed by atoms with Gasteiger partial charge in [0.25, 0.3) is 0 Å². The third-order valence-corrected chi connectivity index (χ3v) is 2.64. The van der Waals surface area contributed by atoms with Crippen molar-refractivity contribution in [2.45, 2.75) is 26.3 Å². The van der Waals surface area contributed by atoms with Gasteiger partial charge in [0.1, 0.15) is 0 Å². The summed E-state index contributed by atoms with van der Waals surface area (Å²) in [6, 6.07) is 0.261. The van der Waals surface area contributed by atoms with Crippen LogP contribution in [0.4, 0.5) is 0 Å². The van der Waals surface area contributed by atoms with Gasteiger partial charge in [0.2, 0.25) is 0 Å². The molecule has 0 bridgehead atoms. The van der Waals surface area contributed by atoms with Crippen molar-refractivity contribution in [1.82, 2.24) is 10.2 Å². The van der Waals surface area contributed by atoms with Crippen molar-refractivity contribution in [3.05, 3.63) is 0 Å². The molecule has 0 amide bonds. The lowest BCUT2D eigenvalue weighted by Gasteiger charge is -2.31. The minimum atomic E-state index is 0.261. The standard InChI is InChI=1S/C11H24N2O2S/c1-5-6-12-11(16)13(7-8-14-3)10(2)9-15-4/h10H,5-9H2,1-4H3,(H,12,16). The predicted molar refractivity (Wildman–Crippen MR) is 70.8 cm³/mol. The number of ether oxygens (including phenoxy) is 2. The fourth-order valence-electron chi connectivity index (χ4n) is 1.38. The Labute approximate surface area is 104 Å². The molecule has 0 aliphatic carbocycles. The quantitative estimate of drug-likeness (QED) is 0.654. The molecule has 1 N–H and O–H groups in total. The highest BCUT2D eigenvalue weighted by atomic mass is 32.1. The summed E-state index contributed by atoms with van der Waals surface area (Å²) in [5.41, 5.74) is 0. The normalized spacial score (nSPS) is 12.2. The lowest BCUT2D eigenvalue weighted by atomic mass is 10.3. The summed E-state index contributed by atoms with van der Waals surface area (Å²) < 4.78 is 10.2. The van der Waals surface area contributed by atoms with E-state index >= 15 is 0 Å². The van der Waals surface area contributed by atoms with Crippen molar-refractivity contribution < 1.29 is 9.47 Å². The average molecular weight is 248 g/mol. The number of rotatable bonds is 8. The van der Waals surface area contributed by atoms with Gasteiger partial charge in [-0.25, -0.2) is 0 Å². The summed E-state index contributed by atoms with van der Waals surface area (Å²) in [6.07, 6.45) is 1.07. The number of thiocarbonyl (C=S) groups is 1. The number of nitrogens with one attached hydrogen (secondary N) is 1. The van der Waals surface area contributed by atoms with E-state index in [1.165, 1.54) is 0 Å². The van der Waals surface area contributed by atoms with Gasteiger partial charge in [-0.1, -0.05) is 6.92 Å². The number of hydrogen-bond acceptors (Lipinski definition) is 3. The van der Waals surface area contributed by atoms with Gasteiger partial charge in [0, 0.05) is 27.3 Å². The second-order valence-electron chi connectivity index (χ2n) is 3.72. The van der Waals surface area contributed by atoms with Gasteiger partial charge in [-0.05, 0) is 25.6 Å². The first kappa shape index (κ1) is 15.6. The van der Waals surface area contributed by atoms with Crippen LogP contribution < -0.4 is 5.32 Å². The summed E-state index contributed by atoms with van der Waals surface area (Å²) in [6.45, 7) is 7.24. The van der Waals surface area contributed by atoms with Crippen molar-refractivity contribution in [3.63, 3.8) is 0 Å². The number of nitrogens with zero attached hydrogens (tertiary/aromatic N) is 1. The summed E-state index contributed by atoms with van der Waals surface area (Å²) in [7, 11) is 3.40. The maximum atomic E-state index is 5.35. The fourth-order valence-corrected chi connectivity index (χ4v) is 1.75. The summed E-state index contributed by atoms with van der Waals surface area (Å²) in [5, 5.41) is 4.01. The van der Waals surface area contributed by atoms with Crippen LogP contribution >= 0.6 is 12.2 Å². The minimum absolute atomic E-state index is 0.261. The first-order valence-corrected chi connectivity index (χ1v) is 6.10. The van der Waals surface area contributed by atoms with Crippen LogP contribution in [0.3, 0.4) is 0 Å². The van der Waals surface area contributed by atoms with E-state index in [-0.39, 0.29) is 6.04 Å². The zero-order valence-electron chi connectivity index (χ0n) is 10.8. The maximum absolute atomic E-state index is 5.35. The fraction of sp³-hybridized carbons (Fsp3) is 0.909. The smallest absolute Gasteiger partial charge is 0.169 e. The van der Waals surface area contributed by atoms with Gasteiger partial charge in [0.05, 0.1) is 19.3 Å². The molecule has 0 aromatic rings. The molecule has 0 aromatic carbocycles. The first-order valence-electron chi connectivity index (χ1n) is 5.69. The summed E-state index contributed by atoms with van der Waals surface area (Å²) >= 11 is 5.35. The molecule has 0 aliphatic rings. The van der Waals surface area contributed by atoms with E-state index in [1.807, 2.05) is 0 Å². The second-order valence-corrected chi connectivity index (χ2v) is 4.11. The molecule has 4 nitrogen and oxygen atoms in total. The van der Waals surface area contributed by atoms with Gasteiger partial charge < -0.3 is 19.7 Å². The Hall–Kier alpha value is -0.390. The van der Waals surface area contributed by atoms with E-state index in [4.69, 9.17) is 21.7 Å². The van der Waals surface area contributed by atoms with Crippen LogP contribution in [0.25, 0.3) is 0 Å². The van der Waals surface area contributed by atoms with Crippen LogP contribution in [0, 0.1) is 0 Å². The first-order chi connectivity index (χ1) is 7.67. The van der Waals surface area contributed by atoms with Crippen molar-refractivity contribution in [2.24, 2.45) is 0 Å². The molecular formula is C11H24N2O2S. The Morgan fingerprint density at radius 1 is 1.38 bits per heavy atom. The zero-order valence-corrected chi connectivity index (χ0v) is 11.6. The van der Waals surface area contributed by atoms with Crippen molar-refractivity contribution >= 4 is 17.3 Å². The van der Waals surface area contributed by atoms with Gasteiger partial charge >= 0.3 is 0 Å². The maximum Gasteiger partial charge on any atom is 0.169 e. The largest absolute Gasteiger partial charge is 0.383 e.